The van der Waals surface area contributed by atoms with E-state index in [0.29, 0.717) is 0 Å². The van der Waals surface area contributed by atoms with E-state index in [0.717, 1.165) is 17.1 Å². The third-order valence-electron chi connectivity index (χ3n) is 4.08. The summed E-state index contributed by atoms with van der Waals surface area (Å²) in [7, 11) is -11.3. The third-order valence-corrected chi connectivity index (χ3v) is 9.76. The summed E-state index contributed by atoms with van der Waals surface area (Å²) < 4.78 is 59.2. The molecule has 0 fully saturated rings. The predicted molar refractivity (Wildman–Crippen MR) is 104 cm³/mol. The van der Waals surface area contributed by atoms with Gasteiger partial charge in [0, 0.05) is 31.0 Å². The first-order valence-electron chi connectivity index (χ1n) is 8.70. The molecular weight excluding hydrogens is 449 g/mol. The lowest BCUT2D eigenvalue weighted by atomic mass is 10.4. The first kappa shape index (κ1) is 25.5. The van der Waals surface area contributed by atoms with Gasteiger partial charge in [0.2, 0.25) is 7.37 Å². The fourth-order valence-corrected chi connectivity index (χ4v) is 7.71. The van der Waals surface area contributed by atoms with Crippen LogP contribution in [0.25, 0.3) is 0 Å². The number of amides is 2. The largest absolute Gasteiger partial charge is 0.481 e. The van der Waals surface area contributed by atoms with Crippen LogP contribution in [0.5, 0.6) is 0 Å². The Morgan fingerprint density at radius 3 is 1.90 bits per heavy atom. The SMILES string of the molecule is O=C(O)CCS(=O)(=O)CCS(=O)(=O)CCCP(=O)(O)CCCN1C(=O)C=CC1=O. The molecule has 0 aliphatic carbocycles. The van der Waals surface area contributed by atoms with Crippen LogP contribution in [-0.4, -0.2) is 91.4 Å². The number of carbonyl (C=O) groups is 3. The Hall–Kier alpha value is -1.56. The number of aliphatic carboxylic acids is 1. The van der Waals surface area contributed by atoms with Crippen LogP contribution < -0.4 is 0 Å². The van der Waals surface area contributed by atoms with Crippen molar-refractivity contribution in [2.75, 3.05) is 41.9 Å². The second-order valence-electron chi connectivity index (χ2n) is 6.61. The Bertz CT molecular complexity index is 905. The zero-order valence-electron chi connectivity index (χ0n) is 15.6. The number of hydrogen-bond donors (Lipinski definition) is 2. The van der Waals surface area contributed by atoms with E-state index in [9.17, 15) is 40.7 Å². The van der Waals surface area contributed by atoms with Crippen LogP contribution in [0.1, 0.15) is 19.3 Å². The summed E-state index contributed by atoms with van der Waals surface area (Å²) in [6.45, 7) is -0.0122. The molecular formula is C15H24NO10PS2. The molecule has 1 rings (SSSR count). The van der Waals surface area contributed by atoms with E-state index in [2.05, 4.69) is 0 Å². The van der Waals surface area contributed by atoms with E-state index in [4.69, 9.17) is 5.11 Å². The van der Waals surface area contributed by atoms with Gasteiger partial charge in [-0.1, -0.05) is 0 Å². The van der Waals surface area contributed by atoms with E-state index in [1.807, 2.05) is 0 Å². The number of rotatable bonds is 14. The average molecular weight is 473 g/mol. The summed E-state index contributed by atoms with van der Waals surface area (Å²) >= 11 is 0. The minimum Gasteiger partial charge on any atom is -0.481 e. The third kappa shape index (κ3) is 10.2. The van der Waals surface area contributed by atoms with Crippen LogP contribution in [0.15, 0.2) is 12.2 Å². The second kappa shape index (κ2) is 10.5. The van der Waals surface area contributed by atoms with Gasteiger partial charge in [-0.05, 0) is 12.8 Å². The summed E-state index contributed by atoms with van der Waals surface area (Å²) in [5, 5.41) is 8.47. The monoisotopic (exact) mass is 473 g/mol. The van der Waals surface area contributed by atoms with Crippen LogP contribution in [0.3, 0.4) is 0 Å². The molecule has 0 saturated heterocycles. The summed E-state index contributed by atoms with van der Waals surface area (Å²) in [5.41, 5.74) is 0. The van der Waals surface area contributed by atoms with E-state index >= 15 is 0 Å². The minimum atomic E-state index is -3.82. The molecule has 1 atom stereocenters. The normalized spacial score (nSPS) is 16.9. The predicted octanol–water partition coefficient (Wildman–Crippen LogP) is -0.734. The molecule has 1 unspecified atom stereocenters. The number of carbonyl (C=O) groups excluding carboxylic acids is 2. The Labute approximate surface area is 169 Å². The number of nitrogens with zero attached hydrogens (tertiary/aromatic N) is 1. The topological polar surface area (TPSA) is 180 Å². The highest BCUT2D eigenvalue weighted by Crippen LogP contribution is 2.41. The highest BCUT2D eigenvalue weighted by Gasteiger charge is 2.25. The smallest absolute Gasteiger partial charge is 0.304 e. The number of imide groups is 1. The van der Waals surface area contributed by atoms with Crippen LogP contribution in [0.2, 0.25) is 0 Å². The molecule has 0 aromatic carbocycles. The maximum Gasteiger partial charge on any atom is 0.304 e. The van der Waals surface area contributed by atoms with Gasteiger partial charge in [0.05, 0.1) is 29.4 Å². The zero-order valence-corrected chi connectivity index (χ0v) is 18.1. The Kier molecular flexibility index (Phi) is 9.19. The van der Waals surface area contributed by atoms with Gasteiger partial charge in [0.25, 0.3) is 11.8 Å². The molecule has 0 saturated carbocycles. The lowest BCUT2D eigenvalue weighted by molar-refractivity contribution is -0.137. The van der Waals surface area contributed by atoms with Crippen molar-refractivity contribution in [2.24, 2.45) is 0 Å². The van der Waals surface area contributed by atoms with E-state index in [1.165, 1.54) is 0 Å². The van der Waals surface area contributed by atoms with Gasteiger partial charge in [-0.3, -0.25) is 23.8 Å². The lowest BCUT2D eigenvalue weighted by Crippen LogP contribution is -2.31. The summed E-state index contributed by atoms with van der Waals surface area (Å²) in [5.74, 6) is -4.80. The highest BCUT2D eigenvalue weighted by molar-refractivity contribution is 7.95. The maximum atomic E-state index is 12.1. The van der Waals surface area contributed by atoms with Gasteiger partial charge in [-0.25, -0.2) is 16.8 Å². The molecule has 166 valence electrons. The van der Waals surface area contributed by atoms with Crippen molar-refractivity contribution in [3.8, 4) is 0 Å². The second-order valence-corrected chi connectivity index (χ2v) is 13.8. The number of carboxylic acid groups (broad SMARTS) is 1. The molecule has 0 aromatic heterocycles. The van der Waals surface area contributed by atoms with Crippen LogP contribution in [0, 0.1) is 0 Å². The van der Waals surface area contributed by atoms with Crippen molar-refractivity contribution in [3.63, 3.8) is 0 Å². The molecule has 0 bridgehead atoms. The van der Waals surface area contributed by atoms with Crippen LogP contribution in [0.4, 0.5) is 0 Å². The van der Waals surface area contributed by atoms with Gasteiger partial charge >= 0.3 is 5.97 Å². The van der Waals surface area contributed by atoms with Crippen molar-refractivity contribution >= 4 is 44.8 Å². The van der Waals surface area contributed by atoms with Crippen molar-refractivity contribution in [3.05, 3.63) is 12.2 Å². The Morgan fingerprint density at radius 1 is 0.897 bits per heavy atom. The van der Waals surface area contributed by atoms with Crippen LogP contribution >= 0.6 is 7.37 Å². The molecule has 0 radical (unpaired) electrons. The summed E-state index contributed by atoms with van der Waals surface area (Å²) in [6.07, 6.45) is 1.07. The first-order chi connectivity index (χ1) is 13.2. The quantitative estimate of drug-likeness (QED) is 0.241. The molecule has 1 aliphatic rings. The number of sulfone groups is 2. The van der Waals surface area contributed by atoms with Crippen molar-refractivity contribution < 1.29 is 45.8 Å². The molecule has 0 aromatic rings. The first-order valence-corrected chi connectivity index (χ1v) is 14.4. The molecule has 0 spiro atoms. The van der Waals surface area contributed by atoms with Gasteiger partial charge < -0.3 is 10.00 Å². The van der Waals surface area contributed by atoms with Gasteiger partial charge in [-0.15, -0.1) is 0 Å². The van der Waals surface area contributed by atoms with E-state index < -0.39 is 74.3 Å². The van der Waals surface area contributed by atoms with E-state index in [1.54, 1.807) is 0 Å². The van der Waals surface area contributed by atoms with Gasteiger partial charge in [0.15, 0.2) is 19.7 Å². The fraction of sp³-hybridized carbons (Fsp3) is 0.667. The maximum absolute atomic E-state index is 12.1. The standard InChI is InChI=1S/C15H24NO10PS2/c17-13-3-4-14(18)16(13)6-1-7-27(21,22)8-2-9-28(23,24)11-12-29(25,26)10-5-15(19)20/h3-4H,1-2,5-12H2,(H,19,20)(H,21,22). The Morgan fingerprint density at radius 2 is 1.38 bits per heavy atom. The molecule has 2 amide bonds. The van der Waals surface area contributed by atoms with Gasteiger partial charge in [-0.2, -0.15) is 0 Å². The molecule has 2 N–H and O–H groups in total. The number of hydrogen-bond acceptors (Lipinski definition) is 8. The van der Waals surface area contributed by atoms with Crippen LogP contribution in [-0.2, 0) is 38.6 Å². The molecule has 11 nitrogen and oxygen atoms in total. The van der Waals surface area contributed by atoms with E-state index in [-0.39, 0.29) is 31.7 Å². The van der Waals surface area contributed by atoms with Crippen molar-refractivity contribution in [1.82, 2.24) is 4.90 Å². The fourth-order valence-electron chi connectivity index (χ4n) is 2.47. The highest BCUT2D eigenvalue weighted by atomic mass is 32.2. The summed E-state index contributed by atoms with van der Waals surface area (Å²) in [4.78, 5) is 44.0. The lowest BCUT2D eigenvalue weighted by Gasteiger charge is -2.16. The average Bonchev–Trinajstić information content (AvgIpc) is 2.90. The number of carboxylic acids is 1. The Balaban J connectivity index is 2.36. The van der Waals surface area contributed by atoms with Crippen molar-refractivity contribution in [2.45, 2.75) is 19.3 Å². The molecule has 1 heterocycles. The van der Waals surface area contributed by atoms with Crippen molar-refractivity contribution in [1.29, 1.82) is 0 Å². The molecule has 14 heteroatoms. The molecule has 29 heavy (non-hydrogen) atoms. The van der Waals surface area contributed by atoms with Gasteiger partial charge in [0.1, 0.15) is 0 Å². The summed E-state index contributed by atoms with van der Waals surface area (Å²) in [6, 6.07) is 0. The zero-order chi connectivity index (χ0) is 22.3. The molecule has 1 aliphatic heterocycles. The minimum absolute atomic E-state index is 0.0122.